The van der Waals surface area contributed by atoms with Crippen LogP contribution in [0.15, 0.2) is 18.2 Å². The molecule has 1 aromatic rings. The fourth-order valence-electron chi connectivity index (χ4n) is 1.82. The van der Waals surface area contributed by atoms with E-state index in [1.54, 1.807) is 0 Å². The van der Waals surface area contributed by atoms with Crippen LogP contribution in [-0.2, 0) is 0 Å². The summed E-state index contributed by atoms with van der Waals surface area (Å²) in [5.74, 6) is 2.82. The Balaban J connectivity index is 2.97. The average Bonchev–Trinajstić information content (AvgIpc) is 2.22. The van der Waals surface area contributed by atoms with Gasteiger partial charge in [-0.3, -0.25) is 5.32 Å². The van der Waals surface area contributed by atoms with Crippen molar-refractivity contribution in [2.75, 3.05) is 6.54 Å². The van der Waals surface area contributed by atoms with E-state index in [4.69, 9.17) is 6.42 Å². The fraction of sp³-hybridized carbons (Fsp3) is 0.429. The monoisotopic (exact) mass is 201 g/mol. The Morgan fingerprint density at radius 3 is 2.40 bits per heavy atom. The molecule has 0 spiro atoms. The van der Waals surface area contributed by atoms with Gasteiger partial charge in [-0.1, -0.05) is 31.0 Å². The van der Waals surface area contributed by atoms with Crippen LogP contribution in [0, 0.1) is 26.2 Å². The minimum atomic E-state index is 0.0474. The summed E-state index contributed by atoms with van der Waals surface area (Å²) in [6.45, 7) is 7.33. The smallest absolute Gasteiger partial charge is 0.0948 e. The third-order valence-electron chi connectivity index (χ3n) is 2.60. The lowest BCUT2D eigenvalue weighted by molar-refractivity contribution is 0.622. The van der Waals surface area contributed by atoms with Gasteiger partial charge < -0.3 is 0 Å². The van der Waals surface area contributed by atoms with Gasteiger partial charge in [0.25, 0.3) is 0 Å². The molecule has 15 heavy (non-hydrogen) atoms. The van der Waals surface area contributed by atoms with Crippen LogP contribution in [0.2, 0.25) is 0 Å². The van der Waals surface area contributed by atoms with E-state index < -0.39 is 0 Å². The molecule has 1 unspecified atom stereocenters. The third-order valence-corrected chi connectivity index (χ3v) is 2.60. The maximum atomic E-state index is 5.57. The molecule has 0 saturated heterocycles. The van der Waals surface area contributed by atoms with Crippen molar-refractivity contribution in [3.63, 3.8) is 0 Å². The summed E-state index contributed by atoms with van der Waals surface area (Å²) in [6, 6.07) is 6.34. The molecule has 1 rings (SSSR count). The van der Waals surface area contributed by atoms with E-state index in [-0.39, 0.29) is 6.04 Å². The molecule has 1 atom stereocenters. The van der Waals surface area contributed by atoms with Gasteiger partial charge in [0.15, 0.2) is 0 Å². The minimum Gasteiger partial charge on any atom is -0.300 e. The molecule has 1 nitrogen and oxygen atoms in total. The molecule has 0 aliphatic rings. The first-order chi connectivity index (χ1) is 7.20. The highest BCUT2D eigenvalue weighted by Crippen LogP contribution is 2.21. The quantitative estimate of drug-likeness (QED) is 0.738. The minimum absolute atomic E-state index is 0.0474. The van der Waals surface area contributed by atoms with E-state index in [1.807, 2.05) is 0 Å². The van der Waals surface area contributed by atoms with E-state index in [1.165, 1.54) is 16.7 Å². The highest BCUT2D eigenvalue weighted by Gasteiger charge is 2.11. The summed E-state index contributed by atoms with van der Waals surface area (Å²) >= 11 is 0. The Hall–Kier alpha value is -1.26. The average molecular weight is 201 g/mol. The molecule has 0 aliphatic heterocycles. The van der Waals surface area contributed by atoms with Gasteiger partial charge in [-0.05, 0) is 43.5 Å². The maximum absolute atomic E-state index is 5.57. The van der Waals surface area contributed by atoms with Crippen LogP contribution in [-0.4, -0.2) is 6.54 Å². The Labute approximate surface area is 92.9 Å². The summed E-state index contributed by atoms with van der Waals surface area (Å²) in [5, 5.41) is 3.38. The molecule has 1 aromatic carbocycles. The van der Waals surface area contributed by atoms with Crippen molar-refractivity contribution >= 4 is 0 Å². The van der Waals surface area contributed by atoms with Crippen LogP contribution in [0.3, 0.4) is 0 Å². The van der Waals surface area contributed by atoms with Crippen molar-refractivity contribution in [2.24, 2.45) is 0 Å². The summed E-state index contributed by atoms with van der Waals surface area (Å²) < 4.78 is 0. The van der Waals surface area contributed by atoms with Crippen molar-refractivity contribution in [1.29, 1.82) is 0 Å². The number of nitrogens with one attached hydrogen (secondary N) is 1. The topological polar surface area (TPSA) is 12.0 Å². The number of hydrogen-bond donors (Lipinski definition) is 1. The Bertz CT molecular complexity index is 340. The van der Waals surface area contributed by atoms with Crippen LogP contribution < -0.4 is 5.32 Å². The van der Waals surface area contributed by atoms with Gasteiger partial charge in [0.1, 0.15) is 0 Å². The molecular weight excluding hydrogens is 182 g/mol. The van der Waals surface area contributed by atoms with Gasteiger partial charge >= 0.3 is 0 Å². The summed E-state index contributed by atoms with van der Waals surface area (Å²) in [6.07, 6.45) is 6.67. The lowest BCUT2D eigenvalue weighted by Gasteiger charge is -2.17. The highest BCUT2D eigenvalue weighted by molar-refractivity contribution is 5.39. The van der Waals surface area contributed by atoms with Crippen LogP contribution >= 0.6 is 0 Å². The van der Waals surface area contributed by atoms with Gasteiger partial charge in [0.2, 0.25) is 0 Å². The molecule has 0 amide bonds. The molecular formula is C14H19N. The summed E-state index contributed by atoms with van der Waals surface area (Å²) in [7, 11) is 0. The highest BCUT2D eigenvalue weighted by atomic mass is 14.9. The van der Waals surface area contributed by atoms with Gasteiger partial charge in [0, 0.05) is 0 Å². The molecule has 0 saturated carbocycles. The number of aryl methyl sites for hydroxylation is 2. The maximum Gasteiger partial charge on any atom is 0.0948 e. The van der Waals surface area contributed by atoms with E-state index in [2.05, 4.69) is 50.2 Å². The first-order valence-electron chi connectivity index (χ1n) is 5.46. The van der Waals surface area contributed by atoms with Gasteiger partial charge in [-0.15, -0.1) is 6.42 Å². The Morgan fingerprint density at radius 2 is 1.93 bits per heavy atom. The second kappa shape index (κ2) is 5.58. The Kier molecular flexibility index (Phi) is 4.39. The zero-order chi connectivity index (χ0) is 11.3. The van der Waals surface area contributed by atoms with Crippen LogP contribution in [0.5, 0.6) is 0 Å². The molecule has 0 radical (unpaired) electrons. The van der Waals surface area contributed by atoms with Crippen molar-refractivity contribution in [3.8, 4) is 12.3 Å². The third kappa shape index (κ3) is 2.84. The van der Waals surface area contributed by atoms with Crippen LogP contribution in [0.25, 0.3) is 0 Å². The lowest BCUT2D eigenvalue weighted by atomic mass is 9.96. The van der Waals surface area contributed by atoms with Crippen molar-refractivity contribution < 1.29 is 0 Å². The van der Waals surface area contributed by atoms with Crippen LogP contribution in [0.4, 0.5) is 0 Å². The number of benzene rings is 1. The van der Waals surface area contributed by atoms with Crippen LogP contribution in [0.1, 0.15) is 36.1 Å². The molecule has 0 fully saturated rings. The predicted molar refractivity (Wildman–Crippen MR) is 65.8 cm³/mol. The zero-order valence-corrected chi connectivity index (χ0v) is 9.80. The largest absolute Gasteiger partial charge is 0.300 e. The normalized spacial score (nSPS) is 12.1. The zero-order valence-electron chi connectivity index (χ0n) is 9.80. The number of hydrogen-bond acceptors (Lipinski definition) is 1. The molecule has 80 valence electrons. The van der Waals surface area contributed by atoms with E-state index in [0.717, 1.165) is 13.0 Å². The number of rotatable bonds is 4. The number of terminal acetylenes is 1. The summed E-state index contributed by atoms with van der Waals surface area (Å²) in [5.41, 5.74) is 3.79. The SMILES string of the molecule is C#CC(NCCC)c1c(C)cccc1C. The van der Waals surface area contributed by atoms with Crippen molar-refractivity contribution in [1.82, 2.24) is 5.32 Å². The van der Waals surface area contributed by atoms with E-state index in [0.29, 0.717) is 0 Å². The summed E-state index contributed by atoms with van der Waals surface area (Å²) in [4.78, 5) is 0. The standard InChI is InChI=1S/C14H19N/c1-5-10-15-13(6-2)14-11(3)8-7-9-12(14)4/h2,7-9,13,15H,5,10H2,1,3-4H3. The second-order valence-corrected chi connectivity index (χ2v) is 3.86. The fourth-order valence-corrected chi connectivity index (χ4v) is 1.82. The van der Waals surface area contributed by atoms with Gasteiger partial charge in [0.05, 0.1) is 6.04 Å². The van der Waals surface area contributed by atoms with Gasteiger partial charge in [-0.25, -0.2) is 0 Å². The van der Waals surface area contributed by atoms with Gasteiger partial charge in [-0.2, -0.15) is 0 Å². The van der Waals surface area contributed by atoms with E-state index in [9.17, 15) is 0 Å². The molecule has 0 aromatic heterocycles. The van der Waals surface area contributed by atoms with Crippen molar-refractivity contribution in [2.45, 2.75) is 33.2 Å². The lowest BCUT2D eigenvalue weighted by Crippen LogP contribution is -2.22. The molecule has 0 bridgehead atoms. The Morgan fingerprint density at radius 1 is 1.33 bits per heavy atom. The second-order valence-electron chi connectivity index (χ2n) is 3.86. The van der Waals surface area contributed by atoms with E-state index >= 15 is 0 Å². The molecule has 0 heterocycles. The molecule has 1 N–H and O–H groups in total. The predicted octanol–water partition coefficient (Wildman–Crippen LogP) is 2.98. The van der Waals surface area contributed by atoms with Crippen molar-refractivity contribution in [3.05, 3.63) is 34.9 Å². The first-order valence-corrected chi connectivity index (χ1v) is 5.46. The molecule has 0 aliphatic carbocycles. The molecule has 1 heteroatoms. The first kappa shape index (κ1) is 11.8.